The zero-order valence-electron chi connectivity index (χ0n) is 7.09. The van der Waals surface area contributed by atoms with Crippen LogP contribution in [0.5, 0.6) is 0 Å². The van der Waals surface area contributed by atoms with Crippen LogP contribution < -0.4 is 0 Å². The van der Waals surface area contributed by atoms with E-state index >= 15 is 0 Å². The first-order valence-corrected chi connectivity index (χ1v) is 3.46. The SMILES string of the molecule is CC1=C(C)C(C)=C(C)C1.[Mn]. The van der Waals surface area contributed by atoms with Gasteiger partial charge in [0.15, 0.2) is 0 Å². The molecule has 0 atom stereocenters. The van der Waals surface area contributed by atoms with Gasteiger partial charge in [-0.25, -0.2) is 0 Å². The van der Waals surface area contributed by atoms with Gasteiger partial charge in [0.05, 0.1) is 0 Å². The molecule has 1 aliphatic rings. The van der Waals surface area contributed by atoms with Crippen LogP contribution in [0, 0.1) is 0 Å². The molecule has 1 radical (unpaired) electrons. The molecule has 0 saturated carbocycles. The normalized spacial score (nSPS) is 18.0. The summed E-state index contributed by atoms with van der Waals surface area (Å²) in [6, 6.07) is 0. The summed E-state index contributed by atoms with van der Waals surface area (Å²) in [6.07, 6.45) is 1.21. The van der Waals surface area contributed by atoms with E-state index in [4.69, 9.17) is 0 Å². The molecule has 1 heteroatoms. The van der Waals surface area contributed by atoms with Crippen LogP contribution in [0.15, 0.2) is 22.3 Å². The van der Waals surface area contributed by atoms with E-state index in [1.165, 1.54) is 17.6 Å². The Morgan fingerprint density at radius 3 is 1.20 bits per heavy atom. The molecule has 0 bridgehead atoms. The average molecular weight is 177 g/mol. The molecule has 0 aromatic heterocycles. The Bertz CT molecular complexity index is 175. The van der Waals surface area contributed by atoms with Crippen molar-refractivity contribution in [2.45, 2.75) is 34.1 Å². The van der Waals surface area contributed by atoms with Crippen molar-refractivity contribution < 1.29 is 17.1 Å². The van der Waals surface area contributed by atoms with Crippen LogP contribution in [0.3, 0.4) is 0 Å². The van der Waals surface area contributed by atoms with Gasteiger partial charge in [0.1, 0.15) is 0 Å². The van der Waals surface area contributed by atoms with Gasteiger partial charge in [0.2, 0.25) is 0 Å². The van der Waals surface area contributed by atoms with Crippen LogP contribution in [0.2, 0.25) is 0 Å². The zero-order valence-corrected chi connectivity index (χ0v) is 8.27. The first-order chi connectivity index (χ1) is 4.13. The van der Waals surface area contributed by atoms with Crippen molar-refractivity contribution in [3.8, 4) is 0 Å². The third-order valence-corrected chi connectivity index (χ3v) is 2.37. The smallest absolute Gasteiger partial charge is 0 e. The van der Waals surface area contributed by atoms with Crippen LogP contribution in [-0.4, -0.2) is 0 Å². The molecule has 0 amide bonds. The van der Waals surface area contributed by atoms with Gasteiger partial charge in [-0.2, -0.15) is 0 Å². The fourth-order valence-electron chi connectivity index (χ4n) is 1.30. The summed E-state index contributed by atoms with van der Waals surface area (Å²) in [7, 11) is 0. The summed E-state index contributed by atoms with van der Waals surface area (Å²) < 4.78 is 0. The number of rotatable bonds is 0. The third-order valence-electron chi connectivity index (χ3n) is 2.37. The van der Waals surface area contributed by atoms with E-state index in [0.717, 1.165) is 0 Å². The first kappa shape index (κ1) is 10.00. The Morgan fingerprint density at radius 2 is 1.10 bits per heavy atom. The molecule has 57 valence electrons. The van der Waals surface area contributed by atoms with Gasteiger partial charge in [0.25, 0.3) is 0 Å². The second kappa shape index (κ2) is 3.41. The summed E-state index contributed by atoms with van der Waals surface area (Å²) in [4.78, 5) is 0. The van der Waals surface area contributed by atoms with Crippen LogP contribution >= 0.6 is 0 Å². The first-order valence-electron chi connectivity index (χ1n) is 3.46. The predicted octanol–water partition coefficient (Wildman–Crippen LogP) is 3.06. The standard InChI is InChI=1S/C9H14.Mn/c1-6-5-7(2)9(4)8(6)3;/h5H2,1-4H3;. The molecule has 0 nitrogen and oxygen atoms in total. The van der Waals surface area contributed by atoms with E-state index in [1.54, 1.807) is 11.1 Å². The number of hydrogen-bond acceptors (Lipinski definition) is 0. The van der Waals surface area contributed by atoms with Crippen LogP contribution in [-0.2, 0) is 17.1 Å². The van der Waals surface area contributed by atoms with Gasteiger partial charge in [-0.15, -0.1) is 0 Å². The Balaban J connectivity index is 0.000000810. The second-order valence-electron chi connectivity index (χ2n) is 2.99. The Labute approximate surface area is 73.9 Å². The minimum Gasteiger partial charge on any atom is -0.0661 e. The Kier molecular flexibility index (Phi) is 3.41. The molecule has 1 rings (SSSR count). The summed E-state index contributed by atoms with van der Waals surface area (Å²) in [5, 5.41) is 0. The van der Waals surface area contributed by atoms with E-state index < -0.39 is 0 Å². The topological polar surface area (TPSA) is 0 Å². The molecule has 0 aliphatic heterocycles. The van der Waals surface area contributed by atoms with Crippen molar-refractivity contribution in [2.24, 2.45) is 0 Å². The fraction of sp³-hybridized carbons (Fsp3) is 0.556. The van der Waals surface area contributed by atoms with Gasteiger partial charge >= 0.3 is 0 Å². The minimum atomic E-state index is 0. The van der Waals surface area contributed by atoms with E-state index in [1.807, 2.05) is 0 Å². The van der Waals surface area contributed by atoms with Gasteiger partial charge in [0, 0.05) is 17.1 Å². The fourth-order valence-corrected chi connectivity index (χ4v) is 1.30. The molecule has 0 fully saturated rings. The molecule has 0 aromatic rings. The average Bonchev–Trinajstić information content (AvgIpc) is 1.98. The molecular weight excluding hydrogens is 163 g/mol. The van der Waals surface area contributed by atoms with Gasteiger partial charge in [-0.05, 0) is 45.3 Å². The minimum absolute atomic E-state index is 0. The van der Waals surface area contributed by atoms with Crippen LogP contribution in [0.1, 0.15) is 34.1 Å². The van der Waals surface area contributed by atoms with Crippen LogP contribution in [0.25, 0.3) is 0 Å². The molecular formula is C9H14Mn. The van der Waals surface area contributed by atoms with E-state index in [9.17, 15) is 0 Å². The quantitative estimate of drug-likeness (QED) is 0.499. The largest absolute Gasteiger partial charge is 0.0661 e. The van der Waals surface area contributed by atoms with Crippen molar-refractivity contribution in [1.82, 2.24) is 0 Å². The van der Waals surface area contributed by atoms with Crippen molar-refractivity contribution >= 4 is 0 Å². The predicted molar refractivity (Wildman–Crippen MR) is 41.4 cm³/mol. The van der Waals surface area contributed by atoms with E-state index in [0.29, 0.717) is 0 Å². The van der Waals surface area contributed by atoms with Crippen molar-refractivity contribution in [2.75, 3.05) is 0 Å². The summed E-state index contributed by atoms with van der Waals surface area (Å²) in [5.74, 6) is 0. The van der Waals surface area contributed by atoms with E-state index in [2.05, 4.69) is 27.7 Å². The molecule has 0 aromatic carbocycles. The molecule has 0 saturated heterocycles. The van der Waals surface area contributed by atoms with Crippen molar-refractivity contribution in [3.63, 3.8) is 0 Å². The van der Waals surface area contributed by atoms with Gasteiger partial charge < -0.3 is 0 Å². The zero-order chi connectivity index (χ0) is 7.02. The summed E-state index contributed by atoms with van der Waals surface area (Å²) in [6.45, 7) is 8.85. The Hall–Kier alpha value is -0.000519. The van der Waals surface area contributed by atoms with Crippen molar-refractivity contribution in [1.29, 1.82) is 0 Å². The maximum absolute atomic E-state index is 2.22. The van der Waals surface area contributed by atoms with Crippen LogP contribution in [0.4, 0.5) is 0 Å². The van der Waals surface area contributed by atoms with Crippen molar-refractivity contribution in [3.05, 3.63) is 22.3 Å². The second-order valence-corrected chi connectivity index (χ2v) is 2.99. The number of allylic oxidation sites excluding steroid dienone is 4. The molecule has 0 spiro atoms. The Morgan fingerprint density at radius 1 is 0.800 bits per heavy atom. The molecule has 0 N–H and O–H groups in total. The summed E-state index contributed by atoms with van der Waals surface area (Å²) >= 11 is 0. The molecule has 0 heterocycles. The molecule has 1 aliphatic carbocycles. The maximum atomic E-state index is 2.22. The molecule has 10 heavy (non-hydrogen) atoms. The maximum Gasteiger partial charge on any atom is 0 e. The monoisotopic (exact) mass is 177 g/mol. The summed E-state index contributed by atoms with van der Waals surface area (Å²) in [5.41, 5.74) is 6.11. The van der Waals surface area contributed by atoms with Gasteiger partial charge in [-0.3, -0.25) is 0 Å². The number of hydrogen-bond donors (Lipinski definition) is 0. The molecule has 0 unspecified atom stereocenters. The van der Waals surface area contributed by atoms with E-state index in [-0.39, 0.29) is 17.1 Å². The van der Waals surface area contributed by atoms with Gasteiger partial charge in [-0.1, -0.05) is 11.1 Å². The third kappa shape index (κ3) is 1.53.